The van der Waals surface area contributed by atoms with Gasteiger partial charge in [-0.2, -0.15) is 0 Å². The number of benzene rings is 2. The van der Waals surface area contributed by atoms with Crippen molar-refractivity contribution in [2.24, 2.45) is 0 Å². The maximum atomic E-state index is 13.4. The SMILES string of the molecule is COc1ccc(OCCCN(C)CCOc2ccccc2F)cc1. The molecule has 0 amide bonds. The summed E-state index contributed by atoms with van der Waals surface area (Å²) in [6.45, 7) is 2.72. The molecule has 4 nitrogen and oxygen atoms in total. The Kier molecular flexibility index (Phi) is 7.36. The molecule has 24 heavy (non-hydrogen) atoms. The number of nitrogens with zero attached hydrogens (tertiary/aromatic N) is 1. The zero-order valence-electron chi connectivity index (χ0n) is 14.2. The summed E-state index contributed by atoms with van der Waals surface area (Å²) in [6, 6.07) is 14.0. The molecule has 2 aromatic carbocycles. The Labute approximate surface area is 142 Å². The third kappa shape index (κ3) is 6.08. The molecule has 5 heteroatoms. The zero-order chi connectivity index (χ0) is 17.2. The predicted octanol–water partition coefficient (Wildman–Crippen LogP) is 3.61. The van der Waals surface area contributed by atoms with Gasteiger partial charge in [-0.05, 0) is 49.9 Å². The van der Waals surface area contributed by atoms with Crippen LogP contribution in [0.2, 0.25) is 0 Å². The van der Waals surface area contributed by atoms with Crippen LogP contribution in [0.15, 0.2) is 48.5 Å². The Morgan fingerprint density at radius 3 is 2.29 bits per heavy atom. The normalized spacial score (nSPS) is 10.7. The topological polar surface area (TPSA) is 30.9 Å². The van der Waals surface area contributed by atoms with Crippen LogP contribution in [0.25, 0.3) is 0 Å². The first-order valence-corrected chi connectivity index (χ1v) is 8.02. The minimum absolute atomic E-state index is 0.300. The molecule has 0 bridgehead atoms. The van der Waals surface area contributed by atoms with Gasteiger partial charge in [0.1, 0.15) is 18.1 Å². The van der Waals surface area contributed by atoms with Gasteiger partial charge in [-0.25, -0.2) is 4.39 Å². The number of ether oxygens (including phenoxy) is 3. The number of hydrogen-bond acceptors (Lipinski definition) is 4. The molecule has 2 rings (SSSR count). The first-order valence-electron chi connectivity index (χ1n) is 8.02. The molecule has 0 heterocycles. The van der Waals surface area contributed by atoms with Crippen molar-refractivity contribution in [3.63, 3.8) is 0 Å². The molecule has 0 saturated carbocycles. The Hall–Kier alpha value is -2.27. The Balaban J connectivity index is 1.57. The van der Waals surface area contributed by atoms with E-state index in [0.29, 0.717) is 19.0 Å². The average Bonchev–Trinajstić information content (AvgIpc) is 2.61. The van der Waals surface area contributed by atoms with Crippen molar-refractivity contribution < 1.29 is 18.6 Å². The maximum absolute atomic E-state index is 13.4. The lowest BCUT2D eigenvalue weighted by Crippen LogP contribution is -2.26. The first-order chi connectivity index (χ1) is 11.7. The highest BCUT2D eigenvalue weighted by molar-refractivity contribution is 5.31. The van der Waals surface area contributed by atoms with Gasteiger partial charge in [-0.3, -0.25) is 0 Å². The van der Waals surface area contributed by atoms with Gasteiger partial charge >= 0.3 is 0 Å². The van der Waals surface area contributed by atoms with Gasteiger partial charge in [0.2, 0.25) is 0 Å². The van der Waals surface area contributed by atoms with Crippen LogP contribution in [0.4, 0.5) is 4.39 Å². The molecule has 0 aliphatic heterocycles. The summed E-state index contributed by atoms with van der Waals surface area (Å²) in [7, 11) is 3.65. The molecule has 0 saturated heterocycles. The van der Waals surface area contributed by atoms with Gasteiger partial charge in [0, 0.05) is 13.1 Å². The Bertz CT molecular complexity index is 604. The summed E-state index contributed by atoms with van der Waals surface area (Å²) in [6.07, 6.45) is 0.905. The van der Waals surface area contributed by atoms with Crippen molar-refractivity contribution in [1.29, 1.82) is 0 Å². The molecule has 0 spiro atoms. The highest BCUT2D eigenvalue weighted by Gasteiger charge is 2.03. The van der Waals surface area contributed by atoms with Crippen LogP contribution in [-0.4, -0.2) is 45.4 Å². The molecule has 0 atom stereocenters. The van der Waals surface area contributed by atoms with Crippen molar-refractivity contribution in [3.05, 3.63) is 54.3 Å². The highest BCUT2D eigenvalue weighted by Crippen LogP contribution is 2.17. The molecule has 0 fully saturated rings. The van der Waals surface area contributed by atoms with Gasteiger partial charge in [0.25, 0.3) is 0 Å². The monoisotopic (exact) mass is 333 g/mol. The lowest BCUT2D eigenvalue weighted by atomic mass is 10.3. The molecule has 2 aromatic rings. The second kappa shape index (κ2) is 9.78. The molecule has 0 aliphatic rings. The molecular formula is C19H24FNO3. The summed E-state index contributed by atoms with van der Waals surface area (Å²) >= 11 is 0. The van der Waals surface area contributed by atoms with E-state index in [1.807, 2.05) is 31.3 Å². The van der Waals surface area contributed by atoms with E-state index in [2.05, 4.69) is 4.90 Å². The van der Waals surface area contributed by atoms with Gasteiger partial charge in [0.15, 0.2) is 11.6 Å². The summed E-state index contributed by atoms with van der Waals surface area (Å²) < 4.78 is 29.6. The zero-order valence-corrected chi connectivity index (χ0v) is 14.2. The van der Waals surface area contributed by atoms with Gasteiger partial charge in [-0.1, -0.05) is 12.1 Å². The lowest BCUT2D eigenvalue weighted by Gasteiger charge is -2.17. The molecule has 0 radical (unpaired) electrons. The largest absolute Gasteiger partial charge is 0.497 e. The van der Waals surface area contributed by atoms with Crippen molar-refractivity contribution in [2.75, 3.05) is 40.5 Å². The summed E-state index contributed by atoms with van der Waals surface area (Å²) in [5, 5.41) is 0. The van der Waals surface area contributed by atoms with Crippen molar-refractivity contribution in [1.82, 2.24) is 4.90 Å². The van der Waals surface area contributed by atoms with Gasteiger partial charge < -0.3 is 19.1 Å². The van der Waals surface area contributed by atoms with Crippen LogP contribution in [0.1, 0.15) is 6.42 Å². The Morgan fingerprint density at radius 1 is 0.875 bits per heavy atom. The predicted molar refractivity (Wildman–Crippen MR) is 92.5 cm³/mol. The molecule has 0 unspecified atom stereocenters. The number of rotatable bonds is 10. The van der Waals surface area contributed by atoms with Crippen LogP contribution in [0.5, 0.6) is 17.2 Å². The third-order valence-electron chi connectivity index (χ3n) is 3.58. The van der Waals surface area contributed by atoms with Crippen LogP contribution in [0.3, 0.4) is 0 Å². The van der Waals surface area contributed by atoms with E-state index < -0.39 is 0 Å². The number of methoxy groups -OCH3 is 1. The van der Waals surface area contributed by atoms with Crippen molar-refractivity contribution in [2.45, 2.75) is 6.42 Å². The van der Waals surface area contributed by atoms with Crippen LogP contribution in [0, 0.1) is 5.82 Å². The van der Waals surface area contributed by atoms with Crippen molar-refractivity contribution >= 4 is 0 Å². The molecular weight excluding hydrogens is 309 g/mol. The summed E-state index contributed by atoms with van der Waals surface area (Å²) in [5.74, 6) is 1.63. The number of likely N-dealkylation sites (N-methyl/N-ethyl adjacent to an activating group) is 1. The lowest BCUT2D eigenvalue weighted by molar-refractivity contribution is 0.215. The minimum Gasteiger partial charge on any atom is -0.497 e. The van der Waals surface area contributed by atoms with Gasteiger partial charge in [0.05, 0.1) is 13.7 Å². The quantitative estimate of drug-likeness (QED) is 0.622. The fourth-order valence-corrected chi connectivity index (χ4v) is 2.18. The van der Waals surface area contributed by atoms with E-state index in [-0.39, 0.29) is 5.82 Å². The van der Waals surface area contributed by atoms with E-state index in [9.17, 15) is 4.39 Å². The van der Waals surface area contributed by atoms with E-state index in [1.54, 1.807) is 25.3 Å². The van der Waals surface area contributed by atoms with Gasteiger partial charge in [-0.15, -0.1) is 0 Å². The fourth-order valence-electron chi connectivity index (χ4n) is 2.18. The van der Waals surface area contributed by atoms with E-state index in [0.717, 1.165) is 31.0 Å². The average molecular weight is 333 g/mol. The molecule has 0 N–H and O–H groups in total. The third-order valence-corrected chi connectivity index (χ3v) is 3.58. The first kappa shape index (κ1) is 18.1. The number of hydrogen-bond donors (Lipinski definition) is 0. The smallest absolute Gasteiger partial charge is 0.165 e. The van der Waals surface area contributed by atoms with Crippen LogP contribution in [-0.2, 0) is 0 Å². The van der Waals surface area contributed by atoms with Crippen molar-refractivity contribution in [3.8, 4) is 17.2 Å². The molecule has 0 aromatic heterocycles. The van der Waals surface area contributed by atoms with E-state index in [1.165, 1.54) is 6.07 Å². The van der Waals surface area contributed by atoms with Crippen LogP contribution >= 0.6 is 0 Å². The maximum Gasteiger partial charge on any atom is 0.165 e. The minimum atomic E-state index is -0.326. The molecule has 130 valence electrons. The van der Waals surface area contributed by atoms with Crippen LogP contribution < -0.4 is 14.2 Å². The van der Waals surface area contributed by atoms with E-state index in [4.69, 9.17) is 14.2 Å². The number of halogens is 1. The van der Waals surface area contributed by atoms with E-state index >= 15 is 0 Å². The summed E-state index contributed by atoms with van der Waals surface area (Å²) in [5.41, 5.74) is 0. The Morgan fingerprint density at radius 2 is 1.58 bits per heavy atom. The second-order valence-electron chi connectivity index (χ2n) is 5.46. The number of para-hydroxylation sites is 1. The summed E-state index contributed by atoms with van der Waals surface area (Å²) in [4.78, 5) is 2.14. The highest BCUT2D eigenvalue weighted by atomic mass is 19.1. The standard InChI is InChI=1S/C19H24FNO3/c1-21(13-15-24-19-7-4-3-6-18(19)20)12-5-14-23-17-10-8-16(22-2)9-11-17/h3-4,6-11H,5,12-15H2,1-2H3. The second-order valence-corrected chi connectivity index (χ2v) is 5.46. The fraction of sp³-hybridized carbons (Fsp3) is 0.368. The molecule has 0 aliphatic carbocycles.